The number of carbonyl (C=O) groups excluding carboxylic acids is 1. The van der Waals surface area contributed by atoms with Gasteiger partial charge in [0.1, 0.15) is 0 Å². The Hall–Kier alpha value is -2.68. The number of pyridine rings is 1. The zero-order valence-corrected chi connectivity index (χ0v) is 11.5. The standard InChI is InChI=1S/C15H15N5O/c1-2-3-8-15(18-19-15)9-7-14(21)17-12-11-16-20-10-5-4-6-13(12)20/h1,4-6,10-11H,3,7-9H2,(H,17,21). The van der Waals surface area contributed by atoms with E-state index >= 15 is 0 Å². The molecule has 0 bridgehead atoms. The summed E-state index contributed by atoms with van der Waals surface area (Å²) in [6.45, 7) is 0. The van der Waals surface area contributed by atoms with Crippen molar-refractivity contribution in [3.63, 3.8) is 0 Å². The van der Waals surface area contributed by atoms with Crippen LogP contribution in [0.25, 0.3) is 5.52 Å². The lowest BCUT2D eigenvalue weighted by Gasteiger charge is -2.08. The Balaban J connectivity index is 1.56. The van der Waals surface area contributed by atoms with Crippen molar-refractivity contribution in [2.24, 2.45) is 10.2 Å². The number of rotatable bonds is 6. The molecular weight excluding hydrogens is 266 g/mol. The average molecular weight is 281 g/mol. The van der Waals surface area contributed by atoms with Crippen LogP contribution in [0.1, 0.15) is 25.7 Å². The van der Waals surface area contributed by atoms with Crippen LogP contribution >= 0.6 is 0 Å². The normalized spacial score (nSPS) is 14.8. The van der Waals surface area contributed by atoms with Crippen molar-refractivity contribution in [1.82, 2.24) is 9.61 Å². The molecule has 0 atom stereocenters. The molecule has 2 aromatic heterocycles. The van der Waals surface area contributed by atoms with Crippen LogP contribution in [0.3, 0.4) is 0 Å². The highest BCUT2D eigenvalue weighted by Crippen LogP contribution is 2.37. The van der Waals surface area contributed by atoms with Crippen molar-refractivity contribution in [1.29, 1.82) is 0 Å². The van der Waals surface area contributed by atoms with E-state index < -0.39 is 5.66 Å². The van der Waals surface area contributed by atoms with E-state index in [0.29, 0.717) is 31.4 Å². The van der Waals surface area contributed by atoms with Gasteiger partial charge in [0.25, 0.3) is 0 Å². The molecule has 106 valence electrons. The highest BCUT2D eigenvalue weighted by Gasteiger charge is 2.39. The maximum atomic E-state index is 12.0. The van der Waals surface area contributed by atoms with Gasteiger partial charge in [-0.2, -0.15) is 15.3 Å². The minimum Gasteiger partial charge on any atom is -0.323 e. The summed E-state index contributed by atoms with van der Waals surface area (Å²) in [6, 6.07) is 5.70. The Kier molecular flexibility index (Phi) is 3.40. The number of anilines is 1. The Morgan fingerprint density at radius 1 is 1.38 bits per heavy atom. The van der Waals surface area contributed by atoms with Crippen molar-refractivity contribution in [2.75, 3.05) is 5.32 Å². The first kappa shape index (κ1) is 13.3. The van der Waals surface area contributed by atoms with Gasteiger partial charge in [-0.15, -0.1) is 12.3 Å². The number of fused-ring (bicyclic) bond motifs is 1. The number of aromatic nitrogens is 2. The van der Waals surface area contributed by atoms with Crippen molar-refractivity contribution < 1.29 is 4.79 Å². The minimum absolute atomic E-state index is 0.0638. The third kappa shape index (κ3) is 2.92. The lowest BCUT2D eigenvalue weighted by Crippen LogP contribution is -2.17. The molecule has 1 aliphatic heterocycles. The molecule has 6 heteroatoms. The quantitative estimate of drug-likeness (QED) is 0.827. The number of hydrogen-bond donors (Lipinski definition) is 1. The number of carbonyl (C=O) groups is 1. The Bertz CT molecular complexity index is 734. The zero-order valence-electron chi connectivity index (χ0n) is 11.5. The van der Waals surface area contributed by atoms with Crippen LogP contribution in [0.15, 0.2) is 40.8 Å². The van der Waals surface area contributed by atoms with Crippen LogP contribution < -0.4 is 5.32 Å². The zero-order chi connectivity index (χ0) is 14.7. The monoisotopic (exact) mass is 281 g/mol. The Labute approximate surface area is 122 Å². The minimum atomic E-state index is -0.412. The van der Waals surface area contributed by atoms with E-state index in [1.165, 1.54) is 0 Å². The molecule has 0 unspecified atom stereocenters. The van der Waals surface area contributed by atoms with E-state index in [4.69, 9.17) is 6.42 Å². The van der Waals surface area contributed by atoms with Crippen molar-refractivity contribution >= 4 is 17.1 Å². The molecule has 1 aliphatic rings. The summed E-state index contributed by atoms with van der Waals surface area (Å²) < 4.78 is 1.72. The summed E-state index contributed by atoms with van der Waals surface area (Å²) in [6.07, 6.45) is 11.0. The van der Waals surface area contributed by atoms with E-state index in [0.717, 1.165) is 5.52 Å². The molecule has 0 aliphatic carbocycles. The lowest BCUT2D eigenvalue weighted by molar-refractivity contribution is -0.116. The van der Waals surface area contributed by atoms with E-state index in [2.05, 4.69) is 26.6 Å². The van der Waals surface area contributed by atoms with Gasteiger partial charge < -0.3 is 5.32 Å². The van der Waals surface area contributed by atoms with Gasteiger partial charge in [0, 0.05) is 31.9 Å². The Morgan fingerprint density at radius 3 is 3.00 bits per heavy atom. The lowest BCUT2D eigenvalue weighted by atomic mass is 10.0. The van der Waals surface area contributed by atoms with Gasteiger partial charge in [0.2, 0.25) is 5.91 Å². The molecule has 3 rings (SSSR count). The van der Waals surface area contributed by atoms with Gasteiger partial charge in [-0.1, -0.05) is 6.07 Å². The molecule has 0 spiro atoms. The largest absolute Gasteiger partial charge is 0.323 e. The van der Waals surface area contributed by atoms with E-state index in [-0.39, 0.29) is 5.91 Å². The predicted octanol–water partition coefficient (Wildman–Crippen LogP) is 2.63. The molecular formula is C15H15N5O. The molecule has 0 radical (unpaired) electrons. The van der Waals surface area contributed by atoms with E-state index in [1.807, 2.05) is 24.4 Å². The van der Waals surface area contributed by atoms with Gasteiger partial charge in [-0.05, 0) is 12.1 Å². The van der Waals surface area contributed by atoms with E-state index in [1.54, 1.807) is 10.7 Å². The van der Waals surface area contributed by atoms with Gasteiger partial charge in [0.15, 0.2) is 5.66 Å². The summed E-state index contributed by atoms with van der Waals surface area (Å²) in [5.74, 6) is 2.51. The first-order valence-corrected chi connectivity index (χ1v) is 6.82. The number of amides is 1. The number of nitrogens with zero attached hydrogens (tertiary/aromatic N) is 4. The second-order valence-electron chi connectivity index (χ2n) is 5.02. The second kappa shape index (κ2) is 5.37. The fourth-order valence-corrected chi connectivity index (χ4v) is 2.23. The smallest absolute Gasteiger partial charge is 0.224 e. The van der Waals surface area contributed by atoms with Gasteiger partial charge in [0.05, 0.1) is 17.4 Å². The van der Waals surface area contributed by atoms with Crippen LogP contribution in [0.4, 0.5) is 5.69 Å². The molecule has 0 saturated heterocycles. The molecule has 1 amide bonds. The summed E-state index contributed by atoms with van der Waals surface area (Å²) in [5, 5.41) is 15.1. The van der Waals surface area contributed by atoms with E-state index in [9.17, 15) is 4.79 Å². The molecule has 2 aromatic rings. The first-order chi connectivity index (χ1) is 10.2. The van der Waals surface area contributed by atoms with Crippen LogP contribution in [0.5, 0.6) is 0 Å². The third-order valence-electron chi connectivity index (χ3n) is 3.51. The van der Waals surface area contributed by atoms with Gasteiger partial charge in [-0.25, -0.2) is 4.52 Å². The van der Waals surface area contributed by atoms with Crippen LogP contribution in [-0.4, -0.2) is 21.2 Å². The van der Waals surface area contributed by atoms with Crippen LogP contribution in [0, 0.1) is 12.3 Å². The molecule has 0 aromatic carbocycles. The molecule has 6 nitrogen and oxygen atoms in total. The summed E-state index contributed by atoms with van der Waals surface area (Å²) in [5.41, 5.74) is 1.17. The summed E-state index contributed by atoms with van der Waals surface area (Å²) in [7, 11) is 0. The second-order valence-corrected chi connectivity index (χ2v) is 5.02. The molecule has 21 heavy (non-hydrogen) atoms. The van der Waals surface area contributed by atoms with Crippen LogP contribution in [-0.2, 0) is 4.79 Å². The number of hydrogen-bond acceptors (Lipinski definition) is 4. The predicted molar refractivity (Wildman–Crippen MR) is 78.7 cm³/mol. The van der Waals surface area contributed by atoms with Gasteiger partial charge >= 0.3 is 0 Å². The number of nitrogens with one attached hydrogen (secondary N) is 1. The molecule has 0 fully saturated rings. The van der Waals surface area contributed by atoms with Crippen molar-refractivity contribution in [3.05, 3.63) is 30.6 Å². The maximum Gasteiger partial charge on any atom is 0.224 e. The fraction of sp³-hybridized carbons (Fsp3) is 0.333. The topological polar surface area (TPSA) is 71.1 Å². The third-order valence-corrected chi connectivity index (χ3v) is 3.51. The molecule has 0 saturated carbocycles. The maximum absolute atomic E-state index is 12.0. The van der Waals surface area contributed by atoms with Crippen molar-refractivity contribution in [2.45, 2.75) is 31.3 Å². The summed E-state index contributed by atoms with van der Waals surface area (Å²) >= 11 is 0. The van der Waals surface area contributed by atoms with Crippen LogP contribution in [0.2, 0.25) is 0 Å². The highest BCUT2D eigenvalue weighted by atomic mass is 16.1. The Morgan fingerprint density at radius 2 is 2.24 bits per heavy atom. The highest BCUT2D eigenvalue weighted by molar-refractivity contribution is 5.94. The first-order valence-electron chi connectivity index (χ1n) is 6.82. The SMILES string of the molecule is C#CCCC1(CCC(=O)Nc2cnn3ccccc23)N=N1. The molecule has 1 N–H and O–H groups in total. The fourth-order valence-electron chi connectivity index (χ4n) is 2.23. The van der Waals surface area contributed by atoms with Gasteiger partial charge in [-0.3, -0.25) is 4.79 Å². The average Bonchev–Trinajstić information content (AvgIpc) is 3.18. The summed E-state index contributed by atoms with van der Waals surface area (Å²) in [4.78, 5) is 12.0. The molecule has 3 heterocycles. The number of terminal acetylenes is 1. The van der Waals surface area contributed by atoms with Crippen molar-refractivity contribution in [3.8, 4) is 12.3 Å².